The summed E-state index contributed by atoms with van der Waals surface area (Å²) in [6, 6.07) is 20.9. The molecule has 2 atom stereocenters. The van der Waals surface area contributed by atoms with Gasteiger partial charge in [0.1, 0.15) is 12.1 Å². The number of ketones is 1. The largest absolute Gasteiger partial charge is 0.342 e. The number of amides is 3. The van der Waals surface area contributed by atoms with Gasteiger partial charge in [0.2, 0.25) is 17.7 Å². The fourth-order valence-corrected chi connectivity index (χ4v) is 6.22. The number of rotatable bonds is 10. The van der Waals surface area contributed by atoms with Gasteiger partial charge in [-0.2, -0.15) is 0 Å². The number of carbonyl (C=O) groups excluding carboxylic acids is 4. The van der Waals surface area contributed by atoms with E-state index >= 15 is 0 Å². The highest BCUT2D eigenvalue weighted by atomic mass is 16.2. The Balaban J connectivity index is 1.28. The van der Waals surface area contributed by atoms with Crippen LogP contribution in [0.4, 0.5) is 5.69 Å². The fourth-order valence-electron chi connectivity index (χ4n) is 6.22. The molecule has 0 spiro atoms. The summed E-state index contributed by atoms with van der Waals surface area (Å²) in [4.78, 5) is 54.8. The molecule has 43 heavy (non-hydrogen) atoms. The van der Waals surface area contributed by atoms with Crippen molar-refractivity contribution in [3.8, 4) is 0 Å². The summed E-state index contributed by atoms with van der Waals surface area (Å²) in [6.45, 7) is 4.92. The maximum Gasteiger partial charge on any atom is 0.246 e. The smallest absolute Gasteiger partial charge is 0.246 e. The number of nitrogens with one attached hydrogen (secondary N) is 2. The molecular formula is C35H40N4O4. The zero-order valence-electron chi connectivity index (χ0n) is 24.9. The van der Waals surface area contributed by atoms with Gasteiger partial charge in [0.25, 0.3) is 0 Å². The van der Waals surface area contributed by atoms with E-state index in [-0.39, 0.29) is 55.4 Å². The number of hydrogen-bond donors (Lipinski definition) is 3. The second kappa shape index (κ2) is 12.9. The highest BCUT2D eigenvalue weighted by Crippen LogP contribution is 2.37. The maximum absolute atomic E-state index is 13.8. The quantitative estimate of drug-likeness (QED) is 0.311. The second-order valence-corrected chi connectivity index (χ2v) is 12.4. The van der Waals surface area contributed by atoms with E-state index in [0.29, 0.717) is 17.7 Å². The van der Waals surface area contributed by atoms with E-state index in [9.17, 15) is 19.2 Å². The Morgan fingerprint density at radius 2 is 1.58 bits per heavy atom. The summed E-state index contributed by atoms with van der Waals surface area (Å²) in [7, 11) is 0. The lowest BCUT2D eigenvalue weighted by Crippen LogP contribution is -2.56. The average molecular weight is 581 g/mol. The van der Waals surface area contributed by atoms with Gasteiger partial charge < -0.3 is 21.3 Å². The van der Waals surface area contributed by atoms with E-state index in [0.717, 1.165) is 24.0 Å². The van der Waals surface area contributed by atoms with E-state index in [2.05, 4.69) is 30.5 Å². The maximum atomic E-state index is 13.8. The number of nitrogens with zero attached hydrogens (tertiary/aromatic N) is 1. The highest BCUT2D eigenvalue weighted by Gasteiger charge is 2.36. The van der Waals surface area contributed by atoms with Crippen molar-refractivity contribution in [1.29, 1.82) is 0 Å². The molecule has 2 aliphatic rings. The molecule has 0 saturated carbocycles. The first-order valence-electron chi connectivity index (χ1n) is 15.0. The third-order valence-electron chi connectivity index (χ3n) is 8.43. The zero-order valence-corrected chi connectivity index (χ0v) is 24.9. The van der Waals surface area contributed by atoms with Crippen molar-refractivity contribution in [3.63, 3.8) is 0 Å². The minimum Gasteiger partial charge on any atom is -0.342 e. The van der Waals surface area contributed by atoms with Crippen LogP contribution in [0.15, 0.2) is 72.8 Å². The first-order chi connectivity index (χ1) is 20.6. The van der Waals surface area contributed by atoms with Crippen molar-refractivity contribution >= 4 is 29.2 Å². The van der Waals surface area contributed by atoms with E-state index < -0.39 is 18.0 Å². The molecule has 224 valence electrons. The molecule has 3 amide bonds. The van der Waals surface area contributed by atoms with Gasteiger partial charge in [-0.05, 0) is 65.6 Å². The molecule has 0 saturated heterocycles. The summed E-state index contributed by atoms with van der Waals surface area (Å²) >= 11 is 0. The van der Waals surface area contributed by atoms with Crippen LogP contribution in [0.5, 0.6) is 0 Å². The summed E-state index contributed by atoms with van der Waals surface area (Å²) in [5.41, 5.74) is 11.7. The van der Waals surface area contributed by atoms with E-state index in [1.807, 2.05) is 42.5 Å². The first kappa shape index (κ1) is 30.2. The van der Waals surface area contributed by atoms with Gasteiger partial charge in [-0.25, -0.2) is 0 Å². The van der Waals surface area contributed by atoms with Crippen LogP contribution in [-0.2, 0) is 40.2 Å². The van der Waals surface area contributed by atoms with Gasteiger partial charge in [0, 0.05) is 37.1 Å². The Morgan fingerprint density at radius 1 is 0.884 bits per heavy atom. The van der Waals surface area contributed by atoms with Crippen molar-refractivity contribution < 1.29 is 19.2 Å². The zero-order chi connectivity index (χ0) is 30.6. The topological polar surface area (TPSA) is 122 Å². The molecule has 1 heterocycles. The van der Waals surface area contributed by atoms with E-state index in [1.165, 1.54) is 16.0 Å². The SMILES string of the molecule is CC1(C)Cc2ccc(NC(=O)[C@H](CCN)NC(=O)[C@@H]3Cc4ccccc4CN3C(=O)CCC(=O)c3ccccc3)cc2C1. The molecule has 0 unspecified atom stereocenters. The Hall–Kier alpha value is -4.30. The molecular weight excluding hydrogens is 540 g/mol. The molecule has 3 aromatic carbocycles. The molecule has 0 fully saturated rings. The molecule has 1 aliphatic heterocycles. The molecule has 8 heteroatoms. The van der Waals surface area contributed by atoms with Crippen molar-refractivity contribution in [1.82, 2.24) is 10.2 Å². The van der Waals surface area contributed by atoms with Gasteiger partial charge in [0.15, 0.2) is 5.78 Å². The van der Waals surface area contributed by atoms with Crippen molar-refractivity contribution in [2.75, 3.05) is 11.9 Å². The summed E-state index contributed by atoms with van der Waals surface area (Å²) in [6.07, 6.45) is 2.55. The lowest BCUT2D eigenvalue weighted by atomic mass is 9.90. The molecule has 3 aromatic rings. The molecule has 1 aliphatic carbocycles. The fraction of sp³-hybridized carbons (Fsp3) is 0.371. The Morgan fingerprint density at radius 3 is 2.33 bits per heavy atom. The summed E-state index contributed by atoms with van der Waals surface area (Å²) in [5.74, 6) is -1.16. The highest BCUT2D eigenvalue weighted by molar-refractivity contribution is 6.00. The molecule has 0 radical (unpaired) electrons. The van der Waals surface area contributed by atoms with Crippen molar-refractivity contribution in [2.45, 2.75) is 71.0 Å². The van der Waals surface area contributed by atoms with Gasteiger partial charge in [0.05, 0.1) is 0 Å². The first-order valence-corrected chi connectivity index (χ1v) is 15.0. The number of fused-ring (bicyclic) bond motifs is 2. The number of Topliss-reactive ketones (excluding diaryl/α,β-unsaturated/α-hetero) is 1. The van der Waals surface area contributed by atoms with Gasteiger partial charge >= 0.3 is 0 Å². The van der Waals surface area contributed by atoms with Gasteiger partial charge in [-0.15, -0.1) is 0 Å². The van der Waals surface area contributed by atoms with Crippen LogP contribution in [0.1, 0.15) is 65.7 Å². The van der Waals surface area contributed by atoms with Crippen molar-refractivity contribution in [2.24, 2.45) is 11.1 Å². The summed E-state index contributed by atoms with van der Waals surface area (Å²) < 4.78 is 0. The average Bonchev–Trinajstić information content (AvgIpc) is 3.32. The van der Waals surface area contributed by atoms with Gasteiger partial charge in [-0.1, -0.05) is 74.5 Å². The monoisotopic (exact) mass is 580 g/mol. The van der Waals surface area contributed by atoms with E-state index in [4.69, 9.17) is 5.73 Å². The minimum atomic E-state index is -0.865. The Labute approximate surface area is 253 Å². The van der Waals surface area contributed by atoms with Crippen LogP contribution in [0.2, 0.25) is 0 Å². The van der Waals surface area contributed by atoms with Crippen LogP contribution in [0, 0.1) is 5.41 Å². The number of benzene rings is 3. The second-order valence-electron chi connectivity index (χ2n) is 12.4. The molecule has 0 bridgehead atoms. The number of hydrogen-bond acceptors (Lipinski definition) is 5. The van der Waals surface area contributed by atoms with Crippen LogP contribution in [0.25, 0.3) is 0 Å². The lowest BCUT2D eigenvalue weighted by Gasteiger charge is -2.36. The predicted molar refractivity (Wildman–Crippen MR) is 166 cm³/mol. The number of nitrogens with two attached hydrogens (primary N) is 1. The molecule has 5 rings (SSSR count). The molecule has 0 aromatic heterocycles. The third kappa shape index (κ3) is 7.20. The van der Waals surface area contributed by atoms with Crippen molar-refractivity contribution in [3.05, 3.63) is 101 Å². The Bertz CT molecular complexity index is 1520. The third-order valence-corrected chi connectivity index (χ3v) is 8.43. The van der Waals surface area contributed by atoms with E-state index in [1.54, 1.807) is 24.3 Å². The van der Waals surface area contributed by atoms with Crippen LogP contribution >= 0.6 is 0 Å². The molecule has 4 N–H and O–H groups in total. The van der Waals surface area contributed by atoms with Crippen LogP contribution in [0.3, 0.4) is 0 Å². The number of carbonyl (C=O) groups is 4. The predicted octanol–water partition coefficient (Wildman–Crippen LogP) is 4.20. The normalized spacial score (nSPS) is 17.4. The minimum absolute atomic E-state index is 0.0124. The molecule has 8 nitrogen and oxygen atoms in total. The Kier molecular flexibility index (Phi) is 9.06. The standard InChI is InChI=1S/C35H40N4O4/c1-35(2)20-25-12-13-28(18-27(25)21-35)37-33(42)29(16-17-36)38-34(43)30-19-24-10-6-7-11-26(24)22-39(30)32(41)15-14-31(40)23-8-4-3-5-9-23/h3-13,18,29-30H,14-17,19-22,36H2,1-2H3,(H,37,42)(H,38,43)/t29-,30-/m0/s1. The summed E-state index contributed by atoms with van der Waals surface area (Å²) in [5, 5.41) is 5.85. The van der Waals surface area contributed by atoms with Gasteiger partial charge in [-0.3, -0.25) is 19.2 Å². The number of anilines is 1. The van der Waals surface area contributed by atoms with Crippen LogP contribution in [-0.4, -0.2) is 47.0 Å². The van der Waals surface area contributed by atoms with Crippen LogP contribution < -0.4 is 16.4 Å². The lowest BCUT2D eigenvalue weighted by molar-refractivity contribution is -0.142.